The van der Waals surface area contributed by atoms with Gasteiger partial charge in [-0.25, -0.2) is 4.79 Å². The zero-order valence-corrected chi connectivity index (χ0v) is 12.0. The molecule has 5 nitrogen and oxygen atoms in total. The number of alkyl carbamates (subject to hydrolysis) is 1. The first kappa shape index (κ1) is 17.5. The largest absolute Gasteiger partial charge is 0.450 e. The zero-order chi connectivity index (χ0) is 16.4. The van der Waals surface area contributed by atoms with Crippen molar-refractivity contribution in [2.24, 2.45) is 5.92 Å². The molecule has 1 N–H and O–H groups in total. The molecule has 8 heteroatoms. The molecule has 1 amide bonds. The maximum atomic E-state index is 12.4. The number of alkyl halides is 3. The van der Waals surface area contributed by atoms with E-state index in [2.05, 4.69) is 5.32 Å². The number of hydrogen-bond acceptors (Lipinski definition) is 4. The van der Waals surface area contributed by atoms with E-state index in [9.17, 15) is 27.6 Å². The van der Waals surface area contributed by atoms with Gasteiger partial charge in [-0.2, -0.15) is 13.2 Å². The van der Waals surface area contributed by atoms with Gasteiger partial charge in [0.25, 0.3) is 0 Å². The number of amides is 1. The number of halogens is 3. The molecule has 2 unspecified atom stereocenters. The fourth-order valence-corrected chi connectivity index (χ4v) is 2.08. The van der Waals surface area contributed by atoms with Crippen molar-refractivity contribution < 1.29 is 32.3 Å². The van der Waals surface area contributed by atoms with Gasteiger partial charge >= 0.3 is 12.3 Å². The lowest BCUT2D eigenvalue weighted by molar-refractivity contribution is -0.177. The standard InChI is InChI=1S/C13H18F3NO4/c1-12(2,3)21-11(20)17-7-4-5-9(18)8(6-7)10(19)13(14,15)16/h7-8H,4-6H2,1-3H3,(H,17,20). The van der Waals surface area contributed by atoms with E-state index >= 15 is 0 Å². The van der Waals surface area contributed by atoms with Gasteiger partial charge in [-0.1, -0.05) is 0 Å². The number of ether oxygens (including phenoxy) is 1. The van der Waals surface area contributed by atoms with Crippen LogP contribution < -0.4 is 5.32 Å². The van der Waals surface area contributed by atoms with Crippen LogP contribution in [0.1, 0.15) is 40.0 Å². The number of ketones is 2. The average Bonchev–Trinajstić information content (AvgIpc) is 2.27. The molecule has 1 fully saturated rings. The fourth-order valence-electron chi connectivity index (χ4n) is 2.08. The number of rotatable bonds is 2. The van der Waals surface area contributed by atoms with Crippen molar-refractivity contribution in [3.63, 3.8) is 0 Å². The summed E-state index contributed by atoms with van der Waals surface area (Å²) in [6.07, 6.45) is -6.16. The Balaban J connectivity index is 2.66. The van der Waals surface area contributed by atoms with Gasteiger partial charge in [0.05, 0.1) is 5.92 Å². The van der Waals surface area contributed by atoms with Crippen molar-refractivity contribution in [2.45, 2.75) is 57.9 Å². The van der Waals surface area contributed by atoms with E-state index in [0.29, 0.717) is 0 Å². The number of nitrogens with one attached hydrogen (secondary N) is 1. The smallest absolute Gasteiger partial charge is 0.444 e. The summed E-state index contributed by atoms with van der Waals surface area (Å²) in [6.45, 7) is 4.94. The molecule has 0 aromatic carbocycles. The summed E-state index contributed by atoms with van der Waals surface area (Å²) in [5.41, 5.74) is -0.740. The van der Waals surface area contributed by atoms with Gasteiger partial charge in [0.1, 0.15) is 11.4 Å². The molecular weight excluding hydrogens is 291 g/mol. The highest BCUT2D eigenvalue weighted by atomic mass is 19.4. The van der Waals surface area contributed by atoms with Crippen LogP contribution in [0.25, 0.3) is 0 Å². The first-order valence-electron chi connectivity index (χ1n) is 6.53. The van der Waals surface area contributed by atoms with Crippen molar-refractivity contribution in [3.05, 3.63) is 0 Å². The van der Waals surface area contributed by atoms with Crippen LogP contribution in [0.5, 0.6) is 0 Å². The van der Waals surface area contributed by atoms with Gasteiger partial charge in [-0.3, -0.25) is 9.59 Å². The molecule has 1 aliphatic rings. The second-order valence-electron chi connectivity index (χ2n) is 6.00. The second kappa shape index (κ2) is 6.03. The molecule has 0 aromatic rings. The SMILES string of the molecule is CC(C)(C)OC(=O)NC1CCC(=O)C(C(=O)C(F)(F)F)C1. The van der Waals surface area contributed by atoms with Crippen LogP contribution in [-0.2, 0) is 14.3 Å². The summed E-state index contributed by atoms with van der Waals surface area (Å²) in [7, 11) is 0. The normalized spacial score (nSPS) is 23.6. The summed E-state index contributed by atoms with van der Waals surface area (Å²) in [5.74, 6) is -4.53. The van der Waals surface area contributed by atoms with E-state index < -0.39 is 41.4 Å². The Hall–Kier alpha value is -1.60. The van der Waals surface area contributed by atoms with Gasteiger partial charge in [0, 0.05) is 12.5 Å². The molecule has 0 heterocycles. The van der Waals surface area contributed by atoms with Gasteiger partial charge in [-0.15, -0.1) is 0 Å². The predicted octanol–water partition coefficient (Wildman–Crippen LogP) is 2.38. The highest BCUT2D eigenvalue weighted by Crippen LogP contribution is 2.29. The third kappa shape index (κ3) is 5.35. The van der Waals surface area contributed by atoms with E-state index in [1.165, 1.54) is 0 Å². The van der Waals surface area contributed by atoms with Crippen LogP contribution in [-0.4, -0.2) is 35.5 Å². The minimum absolute atomic E-state index is 0.174. The summed E-state index contributed by atoms with van der Waals surface area (Å²) in [6, 6.07) is -0.686. The van der Waals surface area contributed by atoms with Crippen molar-refractivity contribution in [1.82, 2.24) is 5.32 Å². The Morgan fingerprint density at radius 2 is 1.81 bits per heavy atom. The summed E-state index contributed by atoms with van der Waals surface area (Å²) in [4.78, 5) is 34.2. The van der Waals surface area contributed by atoms with Gasteiger partial charge in [-0.05, 0) is 33.6 Å². The number of carbonyl (C=O) groups excluding carboxylic acids is 3. The lowest BCUT2D eigenvalue weighted by atomic mass is 9.82. The third-order valence-electron chi connectivity index (χ3n) is 2.96. The van der Waals surface area contributed by atoms with Crippen molar-refractivity contribution >= 4 is 17.7 Å². The van der Waals surface area contributed by atoms with Crippen molar-refractivity contribution in [2.75, 3.05) is 0 Å². The molecule has 21 heavy (non-hydrogen) atoms. The molecule has 1 rings (SSSR count). The molecular formula is C13H18F3NO4. The number of hydrogen-bond donors (Lipinski definition) is 1. The van der Waals surface area contributed by atoms with E-state index in [1.54, 1.807) is 20.8 Å². The average molecular weight is 309 g/mol. The van der Waals surface area contributed by atoms with Crippen LogP contribution >= 0.6 is 0 Å². The van der Waals surface area contributed by atoms with Gasteiger partial charge < -0.3 is 10.1 Å². The molecule has 1 aliphatic carbocycles. The van der Waals surface area contributed by atoms with Gasteiger partial charge in [0.15, 0.2) is 0 Å². The number of Topliss-reactive ketones (excluding diaryl/α,β-unsaturated/α-hetero) is 2. The lowest BCUT2D eigenvalue weighted by Crippen LogP contribution is -2.47. The number of carbonyl (C=O) groups is 3. The molecule has 0 aliphatic heterocycles. The van der Waals surface area contributed by atoms with Crippen LogP contribution in [0.2, 0.25) is 0 Å². The molecule has 0 aromatic heterocycles. The van der Waals surface area contributed by atoms with E-state index in [0.717, 1.165) is 0 Å². The van der Waals surface area contributed by atoms with E-state index in [-0.39, 0.29) is 19.3 Å². The molecule has 120 valence electrons. The minimum Gasteiger partial charge on any atom is -0.444 e. The highest BCUT2D eigenvalue weighted by Gasteiger charge is 2.48. The van der Waals surface area contributed by atoms with Crippen LogP contribution in [0, 0.1) is 5.92 Å². The molecule has 0 spiro atoms. The second-order valence-corrected chi connectivity index (χ2v) is 6.00. The Kier molecular flexibility index (Phi) is 5.01. The topological polar surface area (TPSA) is 72.5 Å². The zero-order valence-electron chi connectivity index (χ0n) is 12.0. The summed E-state index contributed by atoms with van der Waals surface area (Å²) in [5, 5.41) is 2.40. The van der Waals surface area contributed by atoms with Crippen molar-refractivity contribution in [1.29, 1.82) is 0 Å². The third-order valence-corrected chi connectivity index (χ3v) is 2.96. The first-order valence-corrected chi connectivity index (χ1v) is 6.53. The Morgan fingerprint density at radius 3 is 2.29 bits per heavy atom. The van der Waals surface area contributed by atoms with Crippen LogP contribution in [0.15, 0.2) is 0 Å². The minimum atomic E-state index is -5.05. The Morgan fingerprint density at radius 1 is 1.24 bits per heavy atom. The quantitative estimate of drug-likeness (QED) is 0.795. The first-order chi connectivity index (χ1) is 9.40. The molecule has 1 saturated carbocycles. The monoisotopic (exact) mass is 309 g/mol. The van der Waals surface area contributed by atoms with E-state index in [1.807, 2.05) is 0 Å². The molecule has 0 radical (unpaired) electrons. The highest BCUT2D eigenvalue weighted by molar-refractivity contribution is 6.05. The lowest BCUT2D eigenvalue weighted by Gasteiger charge is -2.29. The van der Waals surface area contributed by atoms with E-state index in [4.69, 9.17) is 4.74 Å². The van der Waals surface area contributed by atoms with Crippen LogP contribution in [0.3, 0.4) is 0 Å². The Labute approximate surface area is 120 Å². The maximum absolute atomic E-state index is 12.4. The molecule has 0 saturated heterocycles. The maximum Gasteiger partial charge on any atom is 0.450 e. The molecule has 2 atom stereocenters. The Bertz CT molecular complexity index is 440. The van der Waals surface area contributed by atoms with Crippen molar-refractivity contribution in [3.8, 4) is 0 Å². The molecule has 0 bridgehead atoms. The van der Waals surface area contributed by atoms with Gasteiger partial charge in [0.2, 0.25) is 5.78 Å². The summed E-state index contributed by atoms with van der Waals surface area (Å²) < 4.78 is 42.2. The summed E-state index contributed by atoms with van der Waals surface area (Å²) >= 11 is 0. The predicted molar refractivity (Wildman–Crippen MR) is 66.6 cm³/mol. The van der Waals surface area contributed by atoms with Crippen LogP contribution in [0.4, 0.5) is 18.0 Å². The fraction of sp³-hybridized carbons (Fsp3) is 0.769.